The molecule has 12 nitrogen and oxygen atoms in total. The lowest BCUT2D eigenvalue weighted by atomic mass is 9.87. The Balaban J connectivity index is 0.00000197. The van der Waals surface area contributed by atoms with Gasteiger partial charge in [-0.2, -0.15) is 5.10 Å². The normalized spacial score (nSPS) is 27.4. The van der Waals surface area contributed by atoms with E-state index in [-0.39, 0.29) is 42.3 Å². The summed E-state index contributed by atoms with van der Waals surface area (Å²) in [5.41, 5.74) is 7.17. The second kappa shape index (κ2) is 13.4. The van der Waals surface area contributed by atoms with Gasteiger partial charge in [0.1, 0.15) is 5.82 Å². The van der Waals surface area contributed by atoms with Crippen molar-refractivity contribution in [3.05, 3.63) is 52.7 Å². The average molecular weight is 666 g/mol. The number of hydrogen-bond donors (Lipinski definition) is 4. The van der Waals surface area contributed by atoms with E-state index in [2.05, 4.69) is 40.6 Å². The number of H-pyrrole nitrogens is 1. The fraction of sp³-hybridized carbons (Fsp3) is 0.588. The number of alkyl halides is 2. The van der Waals surface area contributed by atoms with E-state index in [0.29, 0.717) is 35.7 Å². The van der Waals surface area contributed by atoms with Crippen molar-refractivity contribution in [2.24, 2.45) is 28.0 Å². The van der Waals surface area contributed by atoms with E-state index >= 15 is 0 Å². The number of pyridine rings is 1. The van der Waals surface area contributed by atoms with E-state index in [1.54, 1.807) is 19.3 Å². The first-order valence-electron chi connectivity index (χ1n) is 17.0. The highest BCUT2D eigenvalue weighted by Crippen LogP contribution is 2.70. The maximum atomic E-state index is 14.3. The van der Waals surface area contributed by atoms with E-state index in [1.807, 2.05) is 26.0 Å². The Labute approximate surface area is 279 Å². The average Bonchev–Trinajstić information content (AvgIpc) is 3.30. The molecular weight excluding hydrogens is 620 g/mol. The second-order valence-electron chi connectivity index (χ2n) is 13.6. The Hall–Kier alpha value is -4.20. The Kier molecular flexibility index (Phi) is 9.38. The molecule has 0 aromatic carbocycles. The fourth-order valence-electron chi connectivity index (χ4n) is 7.59. The molecule has 3 atom stereocenters. The number of imide groups is 1. The summed E-state index contributed by atoms with van der Waals surface area (Å²) < 4.78 is 28.5. The molecule has 1 saturated carbocycles. The first-order chi connectivity index (χ1) is 23.1. The number of nitrogens with two attached hydrogens (primary N) is 1. The minimum Gasteiger partial charge on any atom is -0.403 e. The molecule has 7 rings (SSSR count). The number of piperidine rings is 2. The van der Waals surface area contributed by atoms with Gasteiger partial charge in [-0.15, -0.1) is 0 Å². The SMILES string of the molecule is CC.CC12Cc3[nH]nc(C(=O)N/C(C=NC4CN(CC5CCN(c6ccc(C7CCC(=O)NC7=O)cn6)CC5)C4)=C/N)c3CC1C2(F)F. The van der Waals surface area contributed by atoms with Crippen molar-refractivity contribution in [3.8, 4) is 0 Å². The molecule has 3 unspecified atom stereocenters. The van der Waals surface area contributed by atoms with Crippen LogP contribution in [0.3, 0.4) is 0 Å². The molecule has 5 N–H and O–H groups in total. The standard InChI is InChI=1S/C32H39F2N9O3.C2H6/c1-31-11-24-23(10-25(31)32(31,33)34)28(41-40-24)30(46)38-20(12-35)14-36-21-16-42(17-21)15-18-6-8-43(9-7-18)26-4-2-19(13-37-26)22-3-5-27(44)39-29(22)45;1-2/h2,4,12-14,18,21-22,25H,3,5-11,15-17,35H2,1H3,(H,38,46)(H,40,41)(H,39,44,45);1-2H3/b20-12+,36-14?;. The lowest BCUT2D eigenvalue weighted by Gasteiger charge is -2.41. The highest BCUT2D eigenvalue weighted by atomic mass is 19.3. The number of halogens is 2. The number of aromatic amines is 1. The molecule has 2 aromatic rings. The van der Waals surface area contributed by atoms with E-state index in [9.17, 15) is 23.2 Å². The molecule has 0 radical (unpaired) electrons. The Bertz CT molecular complexity index is 1590. The third-order valence-corrected chi connectivity index (χ3v) is 10.7. The molecule has 2 aromatic heterocycles. The number of amides is 3. The summed E-state index contributed by atoms with van der Waals surface area (Å²) in [6.07, 6.45) is 7.87. The highest BCUT2D eigenvalue weighted by Gasteiger charge is 2.78. The van der Waals surface area contributed by atoms with Crippen LogP contribution in [-0.2, 0) is 22.4 Å². The van der Waals surface area contributed by atoms with Gasteiger partial charge >= 0.3 is 0 Å². The van der Waals surface area contributed by atoms with Crippen molar-refractivity contribution >= 4 is 29.8 Å². The number of nitrogens with one attached hydrogen (secondary N) is 3. The molecule has 4 fully saturated rings. The summed E-state index contributed by atoms with van der Waals surface area (Å²) in [5.74, 6) is -3.29. The van der Waals surface area contributed by atoms with Crippen molar-refractivity contribution < 1.29 is 23.2 Å². The van der Waals surface area contributed by atoms with Crippen molar-refractivity contribution in [2.45, 2.75) is 77.2 Å². The number of anilines is 1. The molecule has 48 heavy (non-hydrogen) atoms. The van der Waals surface area contributed by atoms with Crippen LogP contribution in [0.25, 0.3) is 0 Å². The molecule has 3 amide bonds. The predicted octanol–water partition coefficient (Wildman–Crippen LogP) is 2.92. The van der Waals surface area contributed by atoms with Gasteiger partial charge in [0.05, 0.1) is 17.7 Å². The molecule has 0 spiro atoms. The number of aromatic nitrogens is 3. The van der Waals surface area contributed by atoms with Gasteiger partial charge in [-0.3, -0.25) is 34.7 Å². The molecule has 14 heteroatoms. The predicted molar refractivity (Wildman–Crippen MR) is 177 cm³/mol. The Morgan fingerprint density at radius 2 is 1.94 bits per heavy atom. The third-order valence-electron chi connectivity index (χ3n) is 10.7. The topological polar surface area (TPSA) is 162 Å². The van der Waals surface area contributed by atoms with Crippen LogP contribution in [-0.4, -0.2) is 88.7 Å². The van der Waals surface area contributed by atoms with Crippen molar-refractivity contribution in [3.63, 3.8) is 0 Å². The number of hydrogen-bond acceptors (Lipinski definition) is 9. The van der Waals surface area contributed by atoms with Gasteiger partial charge in [0.25, 0.3) is 11.8 Å². The van der Waals surface area contributed by atoms with Crippen LogP contribution in [0, 0.1) is 17.3 Å². The summed E-state index contributed by atoms with van der Waals surface area (Å²) in [6, 6.07) is 4.02. The summed E-state index contributed by atoms with van der Waals surface area (Å²) in [6.45, 7) is 10.1. The summed E-state index contributed by atoms with van der Waals surface area (Å²) in [7, 11) is 0. The minimum absolute atomic E-state index is 0.104. The molecule has 3 saturated heterocycles. The van der Waals surface area contributed by atoms with E-state index in [1.165, 1.54) is 6.20 Å². The zero-order valence-corrected chi connectivity index (χ0v) is 27.8. The van der Waals surface area contributed by atoms with Crippen LogP contribution in [0.15, 0.2) is 35.2 Å². The van der Waals surface area contributed by atoms with Gasteiger partial charge in [0.15, 0.2) is 5.69 Å². The van der Waals surface area contributed by atoms with E-state index in [4.69, 9.17) is 5.73 Å². The van der Waals surface area contributed by atoms with Gasteiger partial charge in [-0.25, -0.2) is 13.8 Å². The van der Waals surface area contributed by atoms with Gasteiger partial charge < -0.3 is 16.0 Å². The van der Waals surface area contributed by atoms with Gasteiger partial charge in [0, 0.05) is 86.8 Å². The van der Waals surface area contributed by atoms with Crippen LogP contribution in [0.1, 0.15) is 79.7 Å². The summed E-state index contributed by atoms with van der Waals surface area (Å²) in [4.78, 5) is 50.4. The third kappa shape index (κ3) is 6.34. The zero-order valence-electron chi connectivity index (χ0n) is 27.8. The maximum Gasteiger partial charge on any atom is 0.276 e. The number of likely N-dealkylation sites (tertiary alicyclic amines) is 1. The number of nitrogens with zero attached hydrogens (tertiary/aromatic N) is 5. The van der Waals surface area contributed by atoms with Gasteiger partial charge in [-0.1, -0.05) is 26.8 Å². The minimum atomic E-state index is -2.73. The van der Waals surface area contributed by atoms with Gasteiger partial charge in [0.2, 0.25) is 11.8 Å². The summed E-state index contributed by atoms with van der Waals surface area (Å²) in [5, 5.41) is 12.0. The first kappa shape index (κ1) is 33.7. The van der Waals surface area contributed by atoms with Gasteiger partial charge in [-0.05, 0) is 43.2 Å². The van der Waals surface area contributed by atoms with Crippen molar-refractivity contribution in [1.29, 1.82) is 0 Å². The number of fused-ring (bicyclic) bond motifs is 2. The lowest BCUT2D eigenvalue weighted by molar-refractivity contribution is -0.134. The van der Waals surface area contributed by atoms with Crippen LogP contribution in [0.2, 0.25) is 0 Å². The van der Waals surface area contributed by atoms with Crippen LogP contribution >= 0.6 is 0 Å². The molecule has 258 valence electrons. The molecule has 5 aliphatic rings. The van der Waals surface area contributed by atoms with E-state index < -0.39 is 23.2 Å². The largest absolute Gasteiger partial charge is 0.403 e. The number of rotatable bonds is 8. The number of carbonyl (C=O) groups is 3. The summed E-state index contributed by atoms with van der Waals surface area (Å²) >= 11 is 0. The molecule has 5 heterocycles. The highest BCUT2D eigenvalue weighted by molar-refractivity contribution is 6.01. The zero-order chi connectivity index (χ0) is 34.2. The molecule has 2 aliphatic carbocycles. The monoisotopic (exact) mass is 665 g/mol. The lowest BCUT2D eigenvalue weighted by Crippen LogP contribution is -2.52. The second-order valence-corrected chi connectivity index (χ2v) is 13.6. The number of carbonyl (C=O) groups excluding carboxylic acids is 3. The van der Waals surface area contributed by atoms with E-state index in [0.717, 1.165) is 56.9 Å². The molecule has 0 bridgehead atoms. The quantitative estimate of drug-likeness (QED) is 0.247. The van der Waals surface area contributed by atoms with Crippen molar-refractivity contribution in [1.82, 2.24) is 30.7 Å². The maximum absolute atomic E-state index is 14.3. The van der Waals surface area contributed by atoms with Crippen LogP contribution < -0.4 is 21.3 Å². The molecule has 3 aliphatic heterocycles. The van der Waals surface area contributed by atoms with Crippen molar-refractivity contribution in [2.75, 3.05) is 37.6 Å². The first-order valence-corrected chi connectivity index (χ1v) is 17.0. The van der Waals surface area contributed by atoms with Crippen LogP contribution in [0.5, 0.6) is 0 Å². The Morgan fingerprint density at radius 3 is 2.60 bits per heavy atom. The number of allylic oxidation sites excluding steroid dienone is 1. The molecular formula is C34H45F2N9O3. The number of aliphatic imine (C=N–C) groups is 1. The smallest absolute Gasteiger partial charge is 0.276 e. The van der Waals surface area contributed by atoms with Crippen LogP contribution in [0.4, 0.5) is 14.6 Å². The Morgan fingerprint density at radius 1 is 1.19 bits per heavy atom. The fourth-order valence-corrected chi connectivity index (χ4v) is 7.59.